The molecule has 1 aromatic heterocycles. The first kappa shape index (κ1) is 8.97. The molecule has 2 rings (SSSR count). The molecule has 0 N–H and O–H groups in total. The summed E-state index contributed by atoms with van der Waals surface area (Å²) in [6, 6.07) is 6.16. The van der Waals surface area contributed by atoms with Crippen LogP contribution in [0, 0.1) is 6.85 Å². The lowest BCUT2D eigenvalue weighted by Gasteiger charge is -2.09. The Balaban J connectivity index is 2.49. The number of rotatable bonds is 1. The van der Waals surface area contributed by atoms with Crippen molar-refractivity contribution in [3.05, 3.63) is 64.1 Å². The van der Waals surface area contributed by atoms with Crippen LogP contribution in [0.1, 0.15) is 15.2 Å². The van der Waals surface area contributed by atoms with Gasteiger partial charge in [0.1, 0.15) is 0 Å². The molecule has 0 spiro atoms. The van der Waals surface area contributed by atoms with E-state index in [0.29, 0.717) is 0 Å². The lowest BCUT2D eigenvalue weighted by Crippen LogP contribution is -2.16. The first-order valence-corrected chi connectivity index (χ1v) is 5.00. The Bertz CT molecular complexity index is 702. The number of alkyl halides is 3. The van der Waals surface area contributed by atoms with E-state index in [1.165, 1.54) is 6.07 Å². The van der Waals surface area contributed by atoms with Gasteiger partial charge in [-0.25, -0.2) is 0 Å². The molecule has 5 heteroatoms. The summed E-state index contributed by atoms with van der Waals surface area (Å²) in [5.41, 5.74) is -1.27. The molecule has 0 radical (unpaired) electrons. The van der Waals surface area contributed by atoms with Gasteiger partial charge in [-0.2, -0.15) is 13.2 Å². The average molecular weight is 256 g/mol. The number of nitrogens with zero attached hydrogens (tertiary/aromatic N) is 1. The van der Waals surface area contributed by atoms with Crippen LogP contribution in [0.25, 0.3) is 5.69 Å². The minimum Gasteiger partial charge on any atom is -0.284 e. The van der Waals surface area contributed by atoms with Crippen molar-refractivity contribution in [2.75, 3.05) is 0 Å². The maximum absolute atomic E-state index is 12.5. The van der Waals surface area contributed by atoms with E-state index >= 15 is 0 Å². The van der Waals surface area contributed by atoms with Crippen molar-refractivity contribution >= 4 is 0 Å². The Morgan fingerprint density at radius 1 is 1.11 bits per heavy atom. The Hall–Kier alpha value is -2.04. The zero-order valence-corrected chi connectivity index (χ0v) is 9.03. The molecule has 0 saturated carbocycles. The molecule has 0 amide bonds. The van der Waals surface area contributed by atoms with E-state index in [1.807, 2.05) is 0 Å². The Morgan fingerprint density at radius 3 is 2.33 bits per heavy atom. The standard InChI is InChI=1S/C13H10F3NO/c1-9-2-7-12(18)17(8-9)11-5-3-10(4-6-11)13(14,15)16/h2-8H,1H3/i1D3. The second-order valence-corrected chi connectivity index (χ2v) is 3.67. The van der Waals surface area contributed by atoms with Crippen molar-refractivity contribution in [3.8, 4) is 5.69 Å². The number of hydrogen-bond donors (Lipinski definition) is 0. The molecule has 0 aliphatic carbocycles. The van der Waals surface area contributed by atoms with Gasteiger partial charge in [0.15, 0.2) is 0 Å². The number of benzene rings is 1. The summed E-state index contributed by atoms with van der Waals surface area (Å²) >= 11 is 0. The number of hydrogen-bond acceptors (Lipinski definition) is 1. The predicted molar refractivity (Wildman–Crippen MR) is 61.8 cm³/mol. The third-order valence-corrected chi connectivity index (χ3v) is 2.38. The molecule has 0 unspecified atom stereocenters. The highest BCUT2D eigenvalue weighted by atomic mass is 19.4. The van der Waals surface area contributed by atoms with E-state index in [4.69, 9.17) is 4.11 Å². The SMILES string of the molecule is [2H]C([2H])([2H])c1ccc(=O)n(-c2ccc(C(F)(F)F)cc2)c1. The van der Waals surface area contributed by atoms with E-state index in [1.54, 1.807) is 0 Å². The van der Waals surface area contributed by atoms with Gasteiger partial charge in [0.25, 0.3) is 5.56 Å². The van der Waals surface area contributed by atoms with E-state index in [0.717, 1.165) is 41.1 Å². The van der Waals surface area contributed by atoms with Crippen LogP contribution in [0.15, 0.2) is 47.4 Å². The molecule has 0 bridgehead atoms. The Labute approximate surface area is 106 Å². The molecule has 1 heterocycles. The summed E-state index contributed by atoms with van der Waals surface area (Å²) in [6.07, 6.45) is -3.36. The van der Waals surface area contributed by atoms with E-state index < -0.39 is 24.2 Å². The second kappa shape index (κ2) is 4.33. The van der Waals surface area contributed by atoms with Gasteiger partial charge in [-0.1, -0.05) is 6.07 Å². The van der Waals surface area contributed by atoms with Crippen molar-refractivity contribution in [1.29, 1.82) is 0 Å². The summed E-state index contributed by atoms with van der Waals surface area (Å²) in [5, 5.41) is 0. The highest BCUT2D eigenvalue weighted by Crippen LogP contribution is 2.29. The molecule has 0 aliphatic rings. The maximum Gasteiger partial charge on any atom is 0.416 e. The average Bonchev–Trinajstić information content (AvgIpc) is 2.37. The summed E-state index contributed by atoms with van der Waals surface area (Å²) in [5.74, 6) is 0. The summed E-state index contributed by atoms with van der Waals surface area (Å²) in [7, 11) is 0. The maximum atomic E-state index is 12.5. The lowest BCUT2D eigenvalue weighted by molar-refractivity contribution is -0.137. The summed E-state index contributed by atoms with van der Waals surface area (Å²) < 4.78 is 60.3. The van der Waals surface area contributed by atoms with Crippen LogP contribution in [0.4, 0.5) is 13.2 Å². The lowest BCUT2D eigenvalue weighted by atomic mass is 10.2. The Kier molecular flexibility index (Phi) is 2.15. The molecule has 0 saturated heterocycles. The van der Waals surface area contributed by atoms with Crippen LogP contribution in [0.3, 0.4) is 0 Å². The zero-order chi connectivity index (χ0) is 15.8. The summed E-state index contributed by atoms with van der Waals surface area (Å²) in [6.45, 7) is -2.40. The fourth-order valence-electron chi connectivity index (χ4n) is 1.50. The van der Waals surface area contributed by atoms with Crippen molar-refractivity contribution < 1.29 is 17.3 Å². The first-order valence-electron chi connectivity index (χ1n) is 6.50. The topological polar surface area (TPSA) is 22.0 Å². The minimum atomic E-state index is -4.47. The van der Waals surface area contributed by atoms with Crippen molar-refractivity contribution in [2.45, 2.75) is 13.0 Å². The fraction of sp³-hybridized carbons (Fsp3) is 0.154. The van der Waals surface area contributed by atoms with Gasteiger partial charge in [0, 0.05) is 22.1 Å². The van der Waals surface area contributed by atoms with E-state index in [2.05, 4.69) is 0 Å². The van der Waals surface area contributed by atoms with Crippen molar-refractivity contribution in [3.63, 3.8) is 0 Å². The molecule has 2 nitrogen and oxygen atoms in total. The fourth-order valence-corrected chi connectivity index (χ4v) is 1.50. The number of halogens is 3. The van der Waals surface area contributed by atoms with E-state index in [9.17, 15) is 18.0 Å². The molecule has 94 valence electrons. The van der Waals surface area contributed by atoms with Crippen LogP contribution >= 0.6 is 0 Å². The van der Waals surface area contributed by atoms with Gasteiger partial charge in [0.2, 0.25) is 0 Å². The van der Waals surface area contributed by atoms with Crippen molar-refractivity contribution in [2.24, 2.45) is 0 Å². The minimum absolute atomic E-state index is 0.0676. The van der Waals surface area contributed by atoms with Gasteiger partial charge in [-0.05, 0) is 36.7 Å². The molecule has 0 atom stereocenters. The van der Waals surface area contributed by atoms with Gasteiger partial charge in [-0.15, -0.1) is 0 Å². The quantitative estimate of drug-likeness (QED) is 0.768. The third kappa shape index (κ3) is 2.45. The monoisotopic (exact) mass is 256 g/mol. The zero-order valence-electron chi connectivity index (χ0n) is 12.0. The molecule has 0 aliphatic heterocycles. The second-order valence-electron chi connectivity index (χ2n) is 3.67. The van der Waals surface area contributed by atoms with Gasteiger partial charge >= 0.3 is 6.18 Å². The molecule has 0 fully saturated rings. The number of pyridine rings is 1. The van der Waals surface area contributed by atoms with Gasteiger partial charge in [0.05, 0.1) is 5.56 Å². The number of aryl methyl sites for hydroxylation is 1. The van der Waals surface area contributed by atoms with Gasteiger partial charge in [-0.3, -0.25) is 9.36 Å². The van der Waals surface area contributed by atoms with Crippen LogP contribution < -0.4 is 5.56 Å². The largest absolute Gasteiger partial charge is 0.416 e. The highest BCUT2D eigenvalue weighted by molar-refractivity contribution is 5.36. The first-order chi connectivity index (χ1) is 9.59. The molecular weight excluding hydrogens is 243 g/mol. The highest BCUT2D eigenvalue weighted by Gasteiger charge is 2.29. The van der Waals surface area contributed by atoms with Crippen LogP contribution in [-0.4, -0.2) is 4.57 Å². The molecule has 2 aromatic rings. The number of aromatic nitrogens is 1. The smallest absolute Gasteiger partial charge is 0.284 e. The van der Waals surface area contributed by atoms with Gasteiger partial charge < -0.3 is 0 Å². The van der Waals surface area contributed by atoms with Crippen molar-refractivity contribution in [1.82, 2.24) is 4.57 Å². The molecule has 1 aromatic carbocycles. The normalized spacial score (nSPS) is 14.7. The summed E-state index contributed by atoms with van der Waals surface area (Å²) in [4.78, 5) is 11.7. The third-order valence-electron chi connectivity index (χ3n) is 2.38. The van der Waals surface area contributed by atoms with E-state index in [-0.39, 0.29) is 11.3 Å². The Morgan fingerprint density at radius 2 is 1.78 bits per heavy atom. The molecular formula is C13H10F3NO. The van der Waals surface area contributed by atoms with Crippen LogP contribution in [0.2, 0.25) is 0 Å². The van der Waals surface area contributed by atoms with Crippen LogP contribution in [-0.2, 0) is 6.18 Å². The predicted octanol–water partition coefficient (Wildman–Crippen LogP) is 3.16. The van der Waals surface area contributed by atoms with Crippen LogP contribution in [0.5, 0.6) is 0 Å². The molecule has 18 heavy (non-hydrogen) atoms.